The first-order chi connectivity index (χ1) is 8.82. The van der Waals surface area contributed by atoms with Gasteiger partial charge in [0.1, 0.15) is 5.76 Å². The summed E-state index contributed by atoms with van der Waals surface area (Å²) in [5, 5.41) is 24.1. The van der Waals surface area contributed by atoms with E-state index in [0.717, 1.165) is 11.3 Å². The Bertz CT molecular complexity index is 447. The molecule has 106 valence electrons. The summed E-state index contributed by atoms with van der Waals surface area (Å²) >= 11 is 0. The second-order valence-corrected chi connectivity index (χ2v) is 4.43. The van der Waals surface area contributed by atoms with E-state index in [-0.39, 0.29) is 6.42 Å². The topological polar surface area (TPSA) is 113 Å². The van der Waals surface area contributed by atoms with Crippen molar-refractivity contribution in [2.75, 3.05) is 0 Å². The number of amides is 1. The standard InChI is InChI=1S/C12H18N2O5/c1-6-9(8(3)19-14-6)4-5-10(16)13-11(7(2)15)12(17)18/h7,11,15H,4-5H2,1-3H3,(H,13,16)(H,17,18)/t7-,11+/m1/s1. The molecule has 0 aliphatic rings. The van der Waals surface area contributed by atoms with Gasteiger partial charge in [-0.05, 0) is 27.2 Å². The van der Waals surface area contributed by atoms with Gasteiger partial charge in [-0.25, -0.2) is 4.79 Å². The number of aliphatic hydroxyl groups is 1. The number of carbonyl (C=O) groups is 2. The molecule has 0 fully saturated rings. The zero-order valence-electron chi connectivity index (χ0n) is 11.1. The van der Waals surface area contributed by atoms with Gasteiger partial charge in [0, 0.05) is 12.0 Å². The zero-order chi connectivity index (χ0) is 14.6. The van der Waals surface area contributed by atoms with Crippen molar-refractivity contribution in [3.63, 3.8) is 0 Å². The molecule has 0 spiro atoms. The van der Waals surface area contributed by atoms with Crippen LogP contribution in [0.4, 0.5) is 0 Å². The van der Waals surface area contributed by atoms with Crippen LogP contribution < -0.4 is 5.32 Å². The van der Waals surface area contributed by atoms with Crippen LogP contribution in [0.5, 0.6) is 0 Å². The van der Waals surface area contributed by atoms with Gasteiger partial charge in [0.2, 0.25) is 5.91 Å². The number of aryl methyl sites for hydroxylation is 2. The smallest absolute Gasteiger partial charge is 0.328 e. The predicted octanol–water partition coefficient (Wildman–Crippen LogP) is 0.174. The summed E-state index contributed by atoms with van der Waals surface area (Å²) in [5.41, 5.74) is 1.56. The highest BCUT2D eigenvalue weighted by Gasteiger charge is 2.24. The van der Waals surface area contributed by atoms with E-state index in [4.69, 9.17) is 9.63 Å². The number of aliphatic carboxylic acids is 1. The minimum absolute atomic E-state index is 0.111. The summed E-state index contributed by atoms with van der Waals surface area (Å²) in [4.78, 5) is 22.5. The van der Waals surface area contributed by atoms with Crippen LogP contribution in [0.3, 0.4) is 0 Å². The quantitative estimate of drug-likeness (QED) is 0.679. The SMILES string of the molecule is Cc1noc(C)c1CCC(=O)N[C@H](C(=O)O)[C@@H](C)O. The van der Waals surface area contributed by atoms with Crippen LogP contribution in [0, 0.1) is 13.8 Å². The molecule has 0 saturated carbocycles. The van der Waals surface area contributed by atoms with Crippen molar-refractivity contribution in [2.45, 2.75) is 45.8 Å². The summed E-state index contributed by atoms with van der Waals surface area (Å²) in [6.45, 7) is 4.84. The summed E-state index contributed by atoms with van der Waals surface area (Å²) in [7, 11) is 0. The molecule has 2 atom stereocenters. The highest BCUT2D eigenvalue weighted by atomic mass is 16.5. The molecule has 1 rings (SSSR count). The summed E-state index contributed by atoms with van der Waals surface area (Å²) in [6.07, 6.45) is -0.626. The number of aliphatic hydroxyl groups excluding tert-OH is 1. The normalized spacial score (nSPS) is 13.9. The zero-order valence-corrected chi connectivity index (χ0v) is 11.1. The Morgan fingerprint density at radius 3 is 2.47 bits per heavy atom. The van der Waals surface area contributed by atoms with Gasteiger partial charge in [0.05, 0.1) is 11.8 Å². The number of aromatic nitrogens is 1. The number of carboxylic acid groups (broad SMARTS) is 1. The number of hydrogen-bond donors (Lipinski definition) is 3. The first kappa shape index (κ1) is 15.2. The van der Waals surface area contributed by atoms with E-state index in [1.807, 2.05) is 0 Å². The minimum Gasteiger partial charge on any atom is -0.480 e. The van der Waals surface area contributed by atoms with Crippen molar-refractivity contribution in [2.24, 2.45) is 0 Å². The van der Waals surface area contributed by atoms with Crippen LogP contribution >= 0.6 is 0 Å². The van der Waals surface area contributed by atoms with Gasteiger partial charge >= 0.3 is 5.97 Å². The summed E-state index contributed by atoms with van der Waals surface area (Å²) in [5.74, 6) is -1.05. The monoisotopic (exact) mass is 270 g/mol. The third-order valence-electron chi connectivity index (χ3n) is 2.85. The second-order valence-electron chi connectivity index (χ2n) is 4.43. The van der Waals surface area contributed by atoms with E-state index in [9.17, 15) is 14.7 Å². The molecule has 7 heteroatoms. The number of hydrogen-bond acceptors (Lipinski definition) is 5. The number of carbonyl (C=O) groups excluding carboxylic acids is 1. The number of rotatable bonds is 6. The maximum absolute atomic E-state index is 11.6. The Hall–Kier alpha value is -1.89. The van der Waals surface area contributed by atoms with Crippen LogP contribution in [0.1, 0.15) is 30.4 Å². The number of carboxylic acids is 1. The van der Waals surface area contributed by atoms with Gasteiger partial charge in [-0.2, -0.15) is 0 Å². The van der Waals surface area contributed by atoms with E-state index in [2.05, 4.69) is 10.5 Å². The third kappa shape index (κ3) is 4.06. The van der Waals surface area contributed by atoms with Gasteiger partial charge in [-0.15, -0.1) is 0 Å². The molecule has 3 N–H and O–H groups in total. The van der Waals surface area contributed by atoms with E-state index in [1.165, 1.54) is 6.92 Å². The molecule has 1 amide bonds. The fraction of sp³-hybridized carbons (Fsp3) is 0.583. The lowest BCUT2D eigenvalue weighted by Crippen LogP contribution is -2.47. The maximum atomic E-state index is 11.6. The molecule has 0 unspecified atom stereocenters. The molecule has 1 aromatic heterocycles. The highest BCUT2D eigenvalue weighted by molar-refractivity contribution is 5.84. The fourth-order valence-electron chi connectivity index (χ4n) is 1.73. The summed E-state index contributed by atoms with van der Waals surface area (Å²) < 4.78 is 4.97. The fourth-order valence-corrected chi connectivity index (χ4v) is 1.73. The first-order valence-corrected chi connectivity index (χ1v) is 5.95. The van der Waals surface area contributed by atoms with Crippen LogP contribution in [0.2, 0.25) is 0 Å². The molecule has 0 bridgehead atoms. The van der Waals surface area contributed by atoms with Gasteiger partial charge in [-0.1, -0.05) is 5.16 Å². The first-order valence-electron chi connectivity index (χ1n) is 5.95. The second kappa shape index (κ2) is 6.33. The predicted molar refractivity (Wildman–Crippen MR) is 65.5 cm³/mol. The molecule has 1 aromatic rings. The summed E-state index contributed by atoms with van der Waals surface area (Å²) in [6, 6.07) is -1.29. The molecular formula is C12H18N2O5. The Morgan fingerprint density at radius 2 is 2.05 bits per heavy atom. The van der Waals surface area contributed by atoms with Gasteiger partial charge in [-0.3, -0.25) is 4.79 Å². The minimum atomic E-state index is -1.29. The number of nitrogens with one attached hydrogen (secondary N) is 1. The molecular weight excluding hydrogens is 252 g/mol. The molecule has 7 nitrogen and oxygen atoms in total. The molecule has 0 aromatic carbocycles. The highest BCUT2D eigenvalue weighted by Crippen LogP contribution is 2.14. The molecule has 19 heavy (non-hydrogen) atoms. The van der Waals surface area contributed by atoms with Crippen LogP contribution in [-0.2, 0) is 16.0 Å². The third-order valence-corrected chi connectivity index (χ3v) is 2.85. The molecule has 0 aliphatic carbocycles. The van der Waals surface area contributed by atoms with Crippen molar-refractivity contribution in [3.8, 4) is 0 Å². The lowest BCUT2D eigenvalue weighted by Gasteiger charge is -2.16. The van der Waals surface area contributed by atoms with Crippen molar-refractivity contribution < 1.29 is 24.3 Å². The Labute approximate surface area is 110 Å². The van der Waals surface area contributed by atoms with E-state index in [1.54, 1.807) is 13.8 Å². The van der Waals surface area contributed by atoms with Gasteiger partial charge in [0.25, 0.3) is 0 Å². The van der Waals surface area contributed by atoms with Crippen molar-refractivity contribution in [1.29, 1.82) is 0 Å². The Morgan fingerprint density at radius 1 is 1.42 bits per heavy atom. The molecule has 1 heterocycles. The van der Waals surface area contributed by atoms with Crippen LogP contribution in [0.25, 0.3) is 0 Å². The van der Waals surface area contributed by atoms with Gasteiger partial charge < -0.3 is 20.1 Å². The van der Waals surface area contributed by atoms with Gasteiger partial charge in [0.15, 0.2) is 6.04 Å². The molecule has 0 saturated heterocycles. The Balaban J connectivity index is 2.54. The van der Waals surface area contributed by atoms with Crippen LogP contribution in [-0.4, -0.2) is 39.4 Å². The average Bonchev–Trinajstić information content (AvgIpc) is 2.62. The van der Waals surface area contributed by atoms with Crippen molar-refractivity contribution >= 4 is 11.9 Å². The average molecular weight is 270 g/mol. The lowest BCUT2D eigenvalue weighted by atomic mass is 10.1. The van der Waals surface area contributed by atoms with E-state index >= 15 is 0 Å². The van der Waals surface area contributed by atoms with E-state index in [0.29, 0.717) is 12.2 Å². The Kier molecular flexibility index (Phi) is 5.05. The molecule has 0 radical (unpaired) electrons. The maximum Gasteiger partial charge on any atom is 0.328 e. The van der Waals surface area contributed by atoms with Crippen molar-refractivity contribution in [1.82, 2.24) is 10.5 Å². The molecule has 0 aliphatic heterocycles. The van der Waals surface area contributed by atoms with Crippen LogP contribution in [0.15, 0.2) is 4.52 Å². The largest absolute Gasteiger partial charge is 0.480 e. The number of nitrogens with zero attached hydrogens (tertiary/aromatic N) is 1. The van der Waals surface area contributed by atoms with Crippen molar-refractivity contribution in [3.05, 3.63) is 17.0 Å². The lowest BCUT2D eigenvalue weighted by molar-refractivity contribution is -0.144. The van der Waals surface area contributed by atoms with E-state index < -0.39 is 24.0 Å².